The first-order valence-corrected chi connectivity index (χ1v) is 4.04. The van der Waals surface area contributed by atoms with Crippen molar-refractivity contribution in [2.24, 2.45) is 0 Å². The molecule has 0 aromatic heterocycles. The quantitative estimate of drug-likeness (QED) is 0.563. The molecule has 1 atom stereocenters. The van der Waals surface area contributed by atoms with E-state index in [1.807, 2.05) is 0 Å². The monoisotopic (exact) mass is 250 g/mol. The first-order valence-electron chi connectivity index (χ1n) is 4.04. The van der Waals surface area contributed by atoms with Crippen LogP contribution in [0.3, 0.4) is 0 Å². The van der Waals surface area contributed by atoms with Gasteiger partial charge < -0.3 is 4.90 Å². The van der Waals surface area contributed by atoms with Gasteiger partial charge in [-0.25, -0.2) is 9.13 Å². The average Bonchev–Trinajstić information content (AvgIpc) is 2.48. The number of halogens is 6. The minimum Gasteiger partial charge on any atom is -0.361 e. The molecular formula is C7H8F6N2O. The summed E-state index contributed by atoms with van der Waals surface area (Å²) in [5, 5.41) is 0. The number of ether oxygens (including phenoxy) is 1. The Morgan fingerprint density at radius 3 is 2.12 bits per heavy atom. The highest BCUT2D eigenvalue weighted by Gasteiger charge is 2.52. The second kappa shape index (κ2) is 4.04. The maximum absolute atomic E-state index is 13.1. The van der Waals surface area contributed by atoms with Gasteiger partial charge in [0, 0.05) is 19.4 Å². The van der Waals surface area contributed by atoms with Gasteiger partial charge in [-0.3, -0.25) is 4.90 Å². The zero-order chi connectivity index (χ0) is 12.6. The Labute approximate surface area is 86.9 Å². The first kappa shape index (κ1) is 12.9. The summed E-state index contributed by atoms with van der Waals surface area (Å²) >= 11 is 0. The lowest BCUT2D eigenvalue weighted by molar-refractivity contribution is -0.400. The van der Waals surface area contributed by atoms with Crippen LogP contribution in [0.2, 0.25) is 0 Å². The van der Waals surface area contributed by atoms with E-state index in [4.69, 9.17) is 0 Å². The summed E-state index contributed by atoms with van der Waals surface area (Å²) in [5.74, 6) is 0. The van der Waals surface area contributed by atoms with E-state index in [0.29, 0.717) is 0 Å². The van der Waals surface area contributed by atoms with E-state index in [0.717, 1.165) is 6.20 Å². The summed E-state index contributed by atoms with van der Waals surface area (Å²) in [6.07, 6.45) is -7.26. The van der Waals surface area contributed by atoms with Crippen LogP contribution < -0.4 is 0 Å². The van der Waals surface area contributed by atoms with E-state index >= 15 is 0 Å². The van der Waals surface area contributed by atoms with Crippen molar-refractivity contribution in [1.29, 1.82) is 0 Å². The van der Waals surface area contributed by atoms with Gasteiger partial charge in [0.25, 0.3) is 6.36 Å². The van der Waals surface area contributed by atoms with Gasteiger partial charge in [-0.15, -0.1) is 13.2 Å². The van der Waals surface area contributed by atoms with Crippen molar-refractivity contribution in [3.05, 3.63) is 12.4 Å². The topological polar surface area (TPSA) is 15.7 Å². The second-order valence-corrected chi connectivity index (χ2v) is 3.13. The van der Waals surface area contributed by atoms with Gasteiger partial charge in [0.15, 0.2) is 0 Å². The molecule has 0 radical (unpaired) electrons. The Morgan fingerprint density at radius 2 is 1.75 bits per heavy atom. The normalized spacial score (nSPS) is 19.4. The van der Waals surface area contributed by atoms with E-state index in [9.17, 15) is 26.3 Å². The molecule has 9 heteroatoms. The van der Waals surface area contributed by atoms with Crippen LogP contribution in [0.5, 0.6) is 0 Å². The molecule has 1 unspecified atom stereocenters. The molecular weight excluding hydrogens is 242 g/mol. The summed E-state index contributed by atoms with van der Waals surface area (Å²) in [7, 11) is 1.41. The van der Waals surface area contributed by atoms with Gasteiger partial charge in [0.2, 0.25) is 0 Å². The molecule has 0 saturated heterocycles. The van der Waals surface area contributed by atoms with Crippen LogP contribution >= 0.6 is 0 Å². The zero-order valence-corrected chi connectivity index (χ0v) is 8.01. The predicted molar refractivity (Wildman–Crippen MR) is 40.6 cm³/mol. The van der Waals surface area contributed by atoms with Crippen LogP contribution in [-0.4, -0.2) is 42.3 Å². The lowest BCUT2D eigenvalue weighted by atomic mass is 10.5. The molecule has 94 valence electrons. The van der Waals surface area contributed by atoms with Crippen LogP contribution in [0.4, 0.5) is 26.3 Å². The molecule has 0 aliphatic carbocycles. The van der Waals surface area contributed by atoms with Gasteiger partial charge >= 0.3 is 12.4 Å². The van der Waals surface area contributed by atoms with Gasteiger partial charge in [-0.1, -0.05) is 0 Å². The summed E-state index contributed by atoms with van der Waals surface area (Å²) < 4.78 is 76.1. The average molecular weight is 250 g/mol. The number of hydrogen-bond donors (Lipinski definition) is 0. The minimum absolute atomic E-state index is 0.114. The summed E-state index contributed by atoms with van der Waals surface area (Å²) in [5.41, 5.74) is 0. The van der Waals surface area contributed by atoms with Crippen molar-refractivity contribution in [3.63, 3.8) is 0 Å². The van der Waals surface area contributed by atoms with Gasteiger partial charge in [0.1, 0.15) is 0 Å². The Hall–Kier alpha value is -1.12. The highest BCUT2D eigenvalue weighted by Crippen LogP contribution is 2.33. The van der Waals surface area contributed by atoms with Crippen molar-refractivity contribution in [2.75, 3.05) is 13.7 Å². The standard InChI is InChI=1S/C7H8F6N2O/c1-14-2-3-15(4-14)6(9,10)5(8)16-7(11,12)13/h2-3,5H,4H2,1H3. The SMILES string of the molecule is CN1C=CN(C(F)(F)C(F)OC(F)(F)F)C1. The molecule has 16 heavy (non-hydrogen) atoms. The van der Waals surface area contributed by atoms with Gasteiger partial charge in [-0.05, 0) is 0 Å². The Kier molecular flexibility index (Phi) is 3.27. The molecule has 0 aromatic carbocycles. The van der Waals surface area contributed by atoms with E-state index in [1.165, 1.54) is 18.1 Å². The van der Waals surface area contributed by atoms with E-state index in [1.54, 1.807) is 0 Å². The molecule has 0 saturated carbocycles. The molecule has 0 fully saturated rings. The minimum atomic E-state index is -5.45. The first-order chi connectivity index (χ1) is 7.13. The molecule has 1 rings (SSSR count). The molecule has 1 aliphatic rings. The fourth-order valence-electron chi connectivity index (χ4n) is 1.04. The van der Waals surface area contributed by atoms with E-state index in [-0.39, 0.29) is 4.90 Å². The molecule has 0 aromatic rings. The lowest BCUT2D eigenvalue weighted by Gasteiger charge is -2.30. The zero-order valence-electron chi connectivity index (χ0n) is 8.01. The molecule has 0 amide bonds. The molecule has 0 spiro atoms. The lowest BCUT2D eigenvalue weighted by Crippen LogP contribution is -2.48. The van der Waals surface area contributed by atoms with E-state index < -0.39 is 25.4 Å². The third-order valence-electron chi connectivity index (χ3n) is 1.77. The van der Waals surface area contributed by atoms with Crippen LogP contribution in [0.15, 0.2) is 12.4 Å². The smallest absolute Gasteiger partial charge is 0.361 e. The molecule has 1 heterocycles. The third kappa shape index (κ3) is 2.94. The number of rotatable bonds is 3. The van der Waals surface area contributed by atoms with Crippen molar-refractivity contribution >= 4 is 0 Å². The summed E-state index contributed by atoms with van der Waals surface area (Å²) in [4.78, 5) is 1.36. The maximum Gasteiger partial charge on any atom is 0.525 e. The van der Waals surface area contributed by atoms with E-state index in [2.05, 4.69) is 4.74 Å². The third-order valence-corrected chi connectivity index (χ3v) is 1.77. The summed E-state index contributed by atoms with van der Waals surface area (Å²) in [6, 6.07) is -4.38. The highest BCUT2D eigenvalue weighted by molar-refractivity contribution is 4.93. The van der Waals surface area contributed by atoms with Crippen molar-refractivity contribution in [2.45, 2.75) is 18.8 Å². The molecule has 3 nitrogen and oxygen atoms in total. The number of nitrogens with zero attached hydrogens (tertiary/aromatic N) is 2. The molecule has 1 aliphatic heterocycles. The van der Waals surface area contributed by atoms with Crippen molar-refractivity contribution < 1.29 is 31.1 Å². The van der Waals surface area contributed by atoms with Crippen molar-refractivity contribution in [3.8, 4) is 0 Å². The molecule has 0 bridgehead atoms. The summed E-state index contributed by atoms with van der Waals surface area (Å²) in [6.45, 7) is -0.422. The maximum atomic E-state index is 13.1. The van der Waals surface area contributed by atoms with Gasteiger partial charge in [0.05, 0.1) is 6.67 Å². The van der Waals surface area contributed by atoms with Crippen LogP contribution in [-0.2, 0) is 4.74 Å². The fraction of sp³-hybridized carbons (Fsp3) is 0.714. The largest absolute Gasteiger partial charge is 0.525 e. The van der Waals surface area contributed by atoms with Gasteiger partial charge in [-0.2, -0.15) is 8.78 Å². The van der Waals surface area contributed by atoms with Crippen molar-refractivity contribution in [1.82, 2.24) is 9.80 Å². The highest BCUT2D eigenvalue weighted by atomic mass is 19.4. The van der Waals surface area contributed by atoms with Crippen LogP contribution in [0, 0.1) is 0 Å². The predicted octanol–water partition coefficient (Wildman–Crippen LogP) is 2.09. The Bertz CT molecular complexity index is 279. The number of hydrogen-bond acceptors (Lipinski definition) is 3. The Balaban J connectivity index is 2.66. The Morgan fingerprint density at radius 1 is 1.19 bits per heavy atom. The second-order valence-electron chi connectivity index (χ2n) is 3.13. The number of alkyl halides is 6. The fourth-order valence-corrected chi connectivity index (χ4v) is 1.04. The van der Waals surface area contributed by atoms with Crippen LogP contribution in [0.1, 0.15) is 0 Å². The molecule has 0 N–H and O–H groups in total. The van der Waals surface area contributed by atoms with Crippen LogP contribution in [0.25, 0.3) is 0 Å².